The number of carbonyl (C=O) groups excluding carboxylic acids is 1. The molecule has 1 aromatic rings. The van der Waals surface area contributed by atoms with Crippen molar-refractivity contribution in [3.8, 4) is 0 Å². The molecule has 0 unspecified atom stereocenters. The molecule has 4 nitrogen and oxygen atoms in total. The van der Waals surface area contributed by atoms with Gasteiger partial charge in [-0.1, -0.05) is 26.0 Å². The maximum atomic E-state index is 14.1. The molecule has 2 rings (SSSR count). The molecule has 1 aromatic carbocycles. The number of carbonyl (C=O) groups is 1. The number of para-hydroxylation sites is 1. The molecule has 1 fully saturated rings. The maximum Gasteiger partial charge on any atom is 0.239 e. The van der Waals surface area contributed by atoms with E-state index in [2.05, 4.69) is 24.5 Å². The first-order chi connectivity index (χ1) is 9.58. The normalized spacial score (nSPS) is 15.6. The second-order valence-electron chi connectivity index (χ2n) is 5.54. The van der Waals surface area contributed by atoms with Crippen LogP contribution in [0, 0.1) is 11.7 Å². The van der Waals surface area contributed by atoms with E-state index in [4.69, 9.17) is 0 Å². The van der Waals surface area contributed by atoms with Crippen molar-refractivity contribution in [1.29, 1.82) is 0 Å². The molecular weight excluding hydrogens is 257 g/mol. The van der Waals surface area contributed by atoms with Crippen molar-refractivity contribution in [2.75, 3.05) is 31.1 Å². The van der Waals surface area contributed by atoms with Gasteiger partial charge in [-0.15, -0.1) is 0 Å². The molecule has 1 saturated heterocycles. The van der Waals surface area contributed by atoms with Crippen molar-refractivity contribution in [2.24, 2.45) is 5.92 Å². The number of hydrogen-bond acceptors (Lipinski definition) is 3. The Bertz CT molecular complexity index is 476. The van der Waals surface area contributed by atoms with Crippen LogP contribution in [0.25, 0.3) is 0 Å². The zero-order valence-corrected chi connectivity index (χ0v) is 12.1. The van der Waals surface area contributed by atoms with E-state index in [1.54, 1.807) is 6.07 Å². The Balaban J connectivity index is 2.15. The summed E-state index contributed by atoms with van der Waals surface area (Å²) >= 11 is 0. The predicted octanol–water partition coefficient (Wildman–Crippen LogP) is 1.51. The largest absolute Gasteiger partial charge is 0.358 e. The van der Waals surface area contributed by atoms with Gasteiger partial charge in [0.05, 0.1) is 12.2 Å². The first-order valence-corrected chi connectivity index (χ1v) is 7.07. The van der Waals surface area contributed by atoms with E-state index in [1.165, 1.54) is 6.07 Å². The number of benzene rings is 1. The lowest BCUT2D eigenvalue weighted by molar-refractivity contribution is -0.120. The van der Waals surface area contributed by atoms with Crippen LogP contribution in [0.15, 0.2) is 18.2 Å². The minimum Gasteiger partial charge on any atom is -0.358 e. The van der Waals surface area contributed by atoms with Crippen LogP contribution in [0.3, 0.4) is 0 Å². The highest BCUT2D eigenvalue weighted by molar-refractivity contribution is 5.83. The Morgan fingerprint density at radius 1 is 1.45 bits per heavy atom. The van der Waals surface area contributed by atoms with Gasteiger partial charge in [0.25, 0.3) is 0 Å². The topological polar surface area (TPSA) is 44.4 Å². The Kier molecular flexibility index (Phi) is 4.95. The van der Waals surface area contributed by atoms with Gasteiger partial charge in [0.15, 0.2) is 0 Å². The number of nitrogens with one attached hydrogen (secondary N) is 2. The molecule has 5 heteroatoms. The number of rotatable bonds is 5. The Morgan fingerprint density at radius 2 is 2.25 bits per heavy atom. The fourth-order valence-corrected chi connectivity index (χ4v) is 2.38. The third kappa shape index (κ3) is 3.70. The van der Waals surface area contributed by atoms with E-state index in [-0.39, 0.29) is 18.3 Å². The zero-order valence-electron chi connectivity index (χ0n) is 12.1. The molecule has 0 saturated carbocycles. The number of halogens is 1. The van der Waals surface area contributed by atoms with E-state index in [9.17, 15) is 9.18 Å². The average molecular weight is 279 g/mol. The second-order valence-corrected chi connectivity index (χ2v) is 5.54. The van der Waals surface area contributed by atoms with E-state index >= 15 is 0 Å². The summed E-state index contributed by atoms with van der Waals surface area (Å²) in [5, 5.41) is 6.09. The van der Waals surface area contributed by atoms with Crippen molar-refractivity contribution >= 4 is 11.6 Å². The maximum absolute atomic E-state index is 14.1. The Labute approximate surface area is 119 Å². The van der Waals surface area contributed by atoms with E-state index in [0.29, 0.717) is 31.2 Å². The number of anilines is 1. The van der Waals surface area contributed by atoms with Gasteiger partial charge in [0.2, 0.25) is 5.91 Å². The molecule has 0 bridgehead atoms. The van der Waals surface area contributed by atoms with Crippen LogP contribution in [0.4, 0.5) is 10.1 Å². The summed E-state index contributed by atoms with van der Waals surface area (Å²) in [6.07, 6.45) is 0. The molecule has 1 aliphatic rings. The van der Waals surface area contributed by atoms with Crippen LogP contribution in [0.2, 0.25) is 0 Å². The summed E-state index contributed by atoms with van der Waals surface area (Å²) in [6.45, 7) is 7.19. The number of nitrogens with zero attached hydrogens (tertiary/aromatic N) is 1. The number of amides is 1. The highest BCUT2D eigenvalue weighted by atomic mass is 19.1. The van der Waals surface area contributed by atoms with Gasteiger partial charge in [-0.05, 0) is 24.1 Å². The molecular formula is C15H22FN3O. The molecule has 0 radical (unpaired) electrons. The molecule has 1 aliphatic heterocycles. The Hall–Kier alpha value is -1.62. The van der Waals surface area contributed by atoms with Crippen LogP contribution in [-0.2, 0) is 11.3 Å². The Morgan fingerprint density at radius 3 is 2.95 bits per heavy atom. The van der Waals surface area contributed by atoms with Crippen LogP contribution >= 0.6 is 0 Å². The van der Waals surface area contributed by atoms with Gasteiger partial charge in [0.1, 0.15) is 5.82 Å². The quantitative estimate of drug-likeness (QED) is 0.858. The highest BCUT2D eigenvalue weighted by Gasteiger charge is 2.21. The zero-order chi connectivity index (χ0) is 14.5. The fraction of sp³-hybridized carbons (Fsp3) is 0.533. The van der Waals surface area contributed by atoms with Gasteiger partial charge in [-0.2, -0.15) is 0 Å². The van der Waals surface area contributed by atoms with E-state index in [0.717, 1.165) is 12.1 Å². The van der Waals surface area contributed by atoms with Crippen LogP contribution < -0.4 is 15.5 Å². The molecule has 1 heterocycles. The van der Waals surface area contributed by atoms with Gasteiger partial charge in [0, 0.05) is 19.6 Å². The first-order valence-electron chi connectivity index (χ1n) is 7.07. The summed E-state index contributed by atoms with van der Waals surface area (Å²) in [7, 11) is 0. The standard InChI is InChI=1S/C15H22FN3O/c1-11(2)8-17-9-12-4-3-5-13(16)15(12)19-7-6-18-14(20)10-19/h3-5,11,17H,6-10H2,1-2H3,(H,18,20). The van der Waals surface area contributed by atoms with E-state index < -0.39 is 0 Å². The lowest BCUT2D eigenvalue weighted by atomic mass is 10.1. The van der Waals surface area contributed by atoms with Crippen LogP contribution in [-0.4, -0.2) is 32.1 Å². The van der Waals surface area contributed by atoms with Gasteiger partial charge >= 0.3 is 0 Å². The SMILES string of the molecule is CC(C)CNCc1cccc(F)c1N1CCNC(=O)C1. The summed E-state index contributed by atoms with van der Waals surface area (Å²) in [4.78, 5) is 13.3. The monoisotopic (exact) mass is 279 g/mol. The number of piperazine rings is 1. The van der Waals surface area contributed by atoms with Crippen molar-refractivity contribution in [1.82, 2.24) is 10.6 Å². The smallest absolute Gasteiger partial charge is 0.239 e. The summed E-state index contributed by atoms with van der Waals surface area (Å²) in [6, 6.07) is 5.08. The molecule has 0 aliphatic carbocycles. The molecule has 110 valence electrons. The highest BCUT2D eigenvalue weighted by Crippen LogP contribution is 2.25. The van der Waals surface area contributed by atoms with Crippen molar-refractivity contribution in [2.45, 2.75) is 20.4 Å². The minimum absolute atomic E-state index is 0.0550. The summed E-state index contributed by atoms with van der Waals surface area (Å²) in [5.74, 6) is 0.233. The summed E-state index contributed by atoms with van der Waals surface area (Å²) in [5.41, 5.74) is 1.46. The van der Waals surface area contributed by atoms with Gasteiger partial charge in [-0.25, -0.2) is 4.39 Å². The molecule has 2 N–H and O–H groups in total. The molecule has 1 amide bonds. The lowest BCUT2D eigenvalue weighted by Gasteiger charge is -2.30. The predicted molar refractivity (Wildman–Crippen MR) is 78.2 cm³/mol. The number of hydrogen-bond donors (Lipinski definition) is 2. The molecule has 0 atom stereocenters. The second kappa shape index (κ2) is 6.70. The molecule has 0 aromatic heterocycles. The van der Waals surface area contributed by atoms with Crippen LogP contribution in [0.5, 0.6) is 0 Å². The van der Waals surface area contributed by atoms with Crippen molar-refractivity contribution < 1.29 is 9.18 Å². The van der Waals surface area contributed by atoms with Gasteiger partial charge < -0.3 is 15.5 Å². The third-order valence-corrected chi connectivity index (χ3v) is 3.29. The molecule has 0 spiro atoms. The third-order valence-electron chi connectivity index (χ3n) is 3.29. The van der Waals surface area contributed by atoms with E-state index in [1.807, 2.05) is 11.0 Å². The molecule has 20 heavy (non-hydrogen) atoms. The first kappa shape index (κ1) is 14.8. The van der Waals surface area contributed by atoms with Crippen molar-refractivity contribution in [3.05, 3.63) is 29.6 Å². The lowest BCUT2D eigenvalue weighted by Crippen LogP contribution is -2.48. The average Bonchev–Trinajstić information content (AvgIpc) is 2.38. The minimum atomic E-state index is -0.261. The fourth-order valence-electron chi connectivity index (χ4n) is 2.38. The van der Waals surface area contributed by atoms with Crippen molar-refractivity contribution in [3.63, 3.8) is 0 Å². The summed E-state index contributed by atoms with van der Waals surface area (Å²) < 4.78 is 14.1. The van der Waals surface area contributed by atoms with Crippen LogP contribution in [0.1, 0.15) is 19.4 Å². The van der Waals surface area contributed by atoms with Gasteiger partial charge in [-0.3, -0.25) is 4.79 Å².